The number of nitrogens with zero attached hydrogens (tertiary/aromatic N) is 2. The molecule has 30 heavy (non-hydrogen) atoms. The molecule has 3 rings (SSSR count). The Morgan fingerprint density at radius 3 is 2.20 bits per heavy atom. The van der Waals surface area contributed by atoms with Crippen LogP contribution >= 0.6 is 22.9 Å². The van der Waals surface area contributed by atoms with E-state index in [1.165, 1.54) is 45.6 Å². The van der Waals surface area contributed by atoms with Crippen molar-refractivity contribution >= 4 is 45.6 Å². The molecular weight excluding hydrogens is 433 g/mol. The fourth-order valence-corrected chi connectivity index (χ4v) is 3.45. The van der Waals surface area contributed by atoms with Crippen molar-refractivity contribution in [2.24, 2.45) is 0 Å². The van der Waals surface area contributed by atoms with Gasteiger partial charge in [0.15, 0.2) is 16.5 Å². The van der Waals surface area contributed by atoms with Gasteiger partial charge in [-0.3, -0.25) is 4.79 Å². The van der Waals surface area contributed by atoms with Gasteiger partial charge in [-0.2, -0.15) is 0 Å². The quantitative estimate of drug-likeness (QED) is 0.563. The van der Waals surface area contributed by atoms with Gasteiger partial charge in [0, 0.05) is 5.69 Å². The Bertz CT molecular complexity index is 1060. The highest BCUT2D eigenvalue weighted by atomic mass is 35.5. The fraction of sp³-hybridized carbons (Fsp3) is 0.150. The highest BCUT2D eigenvalue weighted by Crippen LogP contribution is 2.39. The summed E-state index contributed by atoms with van der Waals surface area (Å²) < 4.78 is 28.9. The van der Waals surface area contributed by atoms with Crippen LogP contribution in [0.25, 0.3) is 11.1 Å². The highest BCUT2D eigenvalue weighted by molar-refractivity contribution is 7.15. The van der Waals surface area contributed by atoms with E-state index in [0.29, 0.717) is 33.5 Å². The second-order valence-corrected chi connectivity index (χ2v) is 7.21. The smallest absolute Gasteiger partial charge is 0.286 e. The summed E-state index contributed by atoms with van der Waals surface area (Å²) in [6.07, 6.45) is 1.65. The van der Waals surface area contributed by atoms with Crippen LogP contribution in [0.5, 0.6) is 17.2 Å². The molecule has 0 spiro atoms. The molecule has 156 valence electrons. The maximum Gasteiger partial charge on any atom is 0.286 e. The number of hydrogen-bond donors (Lipinski definition) is 1. The number of carbonyl (C=O) groups is 1. The van der Waals surface area contributed by atoms with Gasteiger partial charge in [-0.15, -0.1) is 10.2 Å². The number of nitrogens with one attached hydrogen (secondary N) is 1. The summed E-state index contributed by atoms with van der Waals surface area (Å²) in [6, 6.07) is 8.86. The van der Waals surface area contributed by atoms with Crippen molar-refractivity contribution in [2.45, 2.75) is 0 Å². The second-order valence-electron chi connectivity index (χ2n) is 5.82. The van der Waals surface area contributed by atoms with Crippen LogP contribution in [0.3, 0.4) is 0 Å². The molecule has 7 nitrogen and oxygen atoms in total. The predicted octanol–water partition coefficient (Wildman–Crippen LogP) is 4.69. The van der Waals surface area contributed by atoms with Gasteiger partial charge >= 0.3 is 0 Å². The summed E-state index contributed by atoms with van der Waals surface area (Å²) in [5.74, 6) is 0.551. The number of benzene rings is 2. The Morgan fingerprint density at radius 1 is 1.03 bits per heavy atom. The molecule has 1 amide bonds. The number of halogens is 2. The summed E-state index contributed by atoms with van der Waals surface area (Å²) >= 11 is 7.41. The fourth-order valence-electron chi connectivity index (χ4n) is 2.52. The van der Waals surface area contributed by atoms with Gasteiger partial charge < -0.3 is 19.5 Å². The molecule has 0 unspecified atom stereocenters. The van der Waals surface area contributed by atoms with Gasteiger partial charge in [0.25, 0.3) is 5.91 Å². The average molecular weight is 450 g/mol. The maximum atomic E-state index is 13.0. The number of aromatic nitrogens is 2. The SMILES string of the molecule is COc1cc(/C=C(\Cl)c2nnc(C(=O)Nc3ccc(F)cc3)s2)cc(OC)c1OC. The highest BCUT2D eigenvalue weighted by Gasteiger charge is 2.16. The van der Waals surface area contributed by atoms with Gasteiger partial charge in [0.1, 0.15) is 5.82 Å². The predicted molar refractivity (Wildman–Crippen MR) is 114 cm³/mol. The lowest BCUT2D eigenvalue weighted by Gasteiger charge is -2.12. The first-order valence-corrected chi connectivity index (χ1v) is 9.72. The number of hydrogen-bond acceptors (Lipinski definition) is 7. The molecular formula is C20H17ClFN3O4S. The Hall–Kier alpha value is -3.17. The molecule has 1 aromatic heterocycles. The van der Waals surface area contributed by atoms with Gasteiger partial charge in [-0.05, 0) is 48.0 Å². The third-order valence-corrected chi connectivity index (χ3v) is 5.26. The lowest BCUT2D eigenvalue weighted by Crippen LogP contribution is -2.11. The monoisotopic (exact) mass is 449 g/mol. The van der Waals surface area contributed by atoms with E-state index in [1.807, 2.05) is 0 Å². The molecule has 10 heteroatoms. The van der Waals surface area contributed by atoms with Gasteiger partial charge in [0.2, 0.25) is 10.8 Å². The largest absolute Gasteiger partial charge is 0.493 e. The standard InChI is InChI=1S/C20H17ClFN3O4S/c1-27-15-9-11(10-16(28-2)17(15)29-3)8-14(21)19-24-25-20(30-19)18(26)23-13-6-4-12(22)5-7-13/h4-10H,1-3H3,(H,23,26)/b14-8-. The molecule has 0 radical (unpaired) electrons. The molecule has 1 heterocycles. The number of amides is 1. The zero-order valence-corrected chi connectivity index (χ0v) is 17.8. The van der Waals surface area contributed by atoms with Crippen molar-refractivity contribution in [3.8, 4) is 17.2 Å². The minimum Gasteiger partial charge on any atom is -0.493 e. The van der Waals surface area contributed by atoms with Crippen LogP contribution in [0.15, 0.2) is 36.4 Å². The second kappa shape index (κ2) is 9.55. The van der Waals surface area contributed by atoms with E-state index in [1.54, 1.807) is 18.2 Å². The number of anilines is 1. The van der Waals surface area contributed by atoms with E-state index in [9.17, 15) is 9.18 Å². The van der Waals surface area contributed by atoms with E-state index in [2.05, 4.69) is 15.5 Å². The van der Waals surface area contributed by atoms with Gasteiger partial charge in [-0.1, -0.05) is 22.9 Å². The van der Waals surface area contributed by atoms with Crippen LogP contribution in [-0.2, 0) is 0 Å². The molecule has 3 aromatic rings. The normalized spacial score (nSPS) is 11.2. The molecule has 0 aliphatic carbocycles. The van der Waals surface area contributed by atoms with Crippen molar-refractivity contribution in [3.63, 3.8) is 0 Å². The summed E-state index contributed by atoms with van der Waals surface area (Å²) in [4.78, 5) is 12.3. The average Bonchev–Trinajstić information content (AvgIpc) is 3.25. The van der Waals surface area contributed by atoms with Crippen LogP contribution in [0.1, 0.15) is 20.4 Å². The van der Waals surface area contributed by atoms with E-state index in [-0.39, 0.29) is 10.0 Å². The van der Waals surface area contributed by atoms with Crippen molar-refractivity contribution in [1.82, 2.24) is 10.2 Å². The van der Waals surface area contributed by atoms with Crippen LogP contribution in [0.2, 0.25) is 0 Å². The molecule has 0 aliphatic heterocycles. The van der Waals surface area contributed by atoms with Crippen LogP contribution in [0.4, 0.5) is 10.1 Å². The van der Waals surface area contributed by atoms with Crippen molar-refractivity contribution in [2.75, 3.05) is 26.6 Å². The van der Waals surface area contributed by atoms with E-state index in [4.69, 9.17) is 25.8 Å². The Balaban J connectivity index is 1.82. The lowest BCUT2D eigenvalue weighted by molar-refractivity contribution is 0.102. The van der Waals surface area contributed by atoms with Crippen molar-refractivity contribution in [3.05, 3.63) is 57.8 Å². The first-order valence-electron chi connectivity index (χ1n) is 8.53. The third kappa shape index (κ3) is 4.87. The molecule has 0 saturated carbocycles. The minimum atomic E-state index is -0.470. The summed E-state index contributed by atoms with van der Waals surface area (Å²) in [6.45, 7) is 0. The summed E-state index contributed by atoms with van der Waals surface area (Å²) in [5, 5.41) is 11.2. The topological polar surface area (TPSA) is 82.6 Å². The minimum absolute atomic E-state index is 0.116. The molecule has 0 saturated heterocycles. The van der Waals surface area contributed by atoms with E-state index in [0.717, 1.165) is 11.3 Å². The molecule has 0 bridgehead atoms. The Kier molecular flexibility index (Phi) is 6.86. The molecule has 0 atom stereocenters. The van der Waals surface area contributed by atoms with Crippen molar-refractivity contribution < 1.29 is 23.4 Å². The van der Waals surface area contributed by atoms with Gasteiger partial charge in [0.05, 0.1) is 26.4 Å². The number of carbonyl (C=O) groups excluding carboxylic acids is 1. The zero-order valence-electron chi connectivity index (χ0n) is 16.2. The number of ether oxygens (including phenoxy) is 3. The van der Waals surface area contributed by atoms with Crippen molar-refractivity contribution in [1.29, 1.82) is 0 Å². The van der Waals surface area contributed by atoms with E-state index < -0.39 is 11.7 Å². The van der Waals surface area contributed by atoms with Gasteiger partial charge in [-0.25, -0.2) is 4.39 Å². The van der Waals surface area contributed by atoms with Crippen LogP contribution < -0.4 is 19.5 Å². The zero-order chi connectivity index (χ0) is 21.7. The van der Waals surface area contributed by atoms with E-state index >= 15 is 0 Å². The molecule has 2 aromatic carbocycles. The molecule has 0 fully saturated rings. The summed E-state index contributed by atoms with van der Waals surface area (Å²) in [5.41, 5.74) is 1.12. The number of methoxy groups -OCH3 is 3. The summed E-state index contributed by atoms with van der Waals surface area (Å²) in [7, 11) is 4.55. The molecule has 1 N–H and O–H groups in total. The first-order chi connectivity index (χ1) is 14.4. The van der Waals surface area contributed by atoms with Crippen LogP contribution in [0, 0.1) is 5.82 Å². The Labute approximate surface area is 181 Å². The Morgan fingerprint density at radius 2 is 1.63 bits per heavy atom. The maximum absolute atomic E-state index is 13.0. The number of rotatable bonds is 7. The third-order valence-electron chi connectivity index (χ3n) is 3.91. The first kappa shape index (κ1) is 21.5. The van der Waals surface area contributed by atoms with Crippen LogP contribution in [-0.4, -0.2) is 37.4 Å². The molecule has 0 aliphatic rings. The lowest BCUT2D eigenvalue weighted by atomic mass is 10.1.